The maximum atomic E-state index is 5.79. The third kappa shape index (κ3) is 5.43. The molecule has 0 saturated carbocycles. The van der Waals surface area contributed by atoms with Crippen molar-refractivity contribution in [3.8, 4) is 0 Å². The van der Waals surface area contributed by atoms with Crippen LogP contribution in [0, 0.1) is 6.92 Å². The first-order chi connectivity index (χ1) is 13.2. The van der Waals surface area contributed by atoms with Gasteiger partial charge in [0.25, 0.3) is 0 Å². The Balaban J connectivity index is 1.49. The molecule has 0 radical (unpaired) electrons. The van der Waals surface area contributed by atoms with Crippen LogP contribution in [0.4, 0.5) is 0 Å². The number of likely N-dealkylation sites (N-methyl/N-ethyl adjacent to an activating group) is 1. The fourth-order valence-corrected chi connectivity index (χ4v) is 3.43. The molecule has 1 fully saturated rings. The van der Waals surface area contributed by atoms with Crippen molar-refractivity contribution in [2.24, 2.45) is 4.99 Å². The Morgan fingerprint density at radius 1 is 1.33 bits per heavy atom. The SMILES string of the molecule is CCNC(=NCC1CN(C)CCO1)NCCCn1c(C)nc2ccccc21. The Morgan fingerprint density at radius 2 is 2.19 bits per heavy atom. The fraction of sp³-hybridized carbons (Fsp3) is 0.600. The van der Waals surface area contributed by atoms with Crippen LogP contribution in [0.5, 0.6) is 0 Å². The van der Waals surface area contributed by atoms with Gasteiger partial charge in [0, 0.05) is 32.7 Å². The van der Waals surface area contributed by atoms with Crippen molar-refractivity contribution in [1.29, 1.82) is 0 Å². The number of aromatic nitrogens is 2. The summed E-state index contributed by atoms with van der Waals surface area (Å²) in [5, 5.41) is 6.76. The zero-order valence-electron chi connectivity index (χ0n) is 16.7. The predicted molar refractivity (Wildman–Crippen MR) is 110 cm³/mol. The largest absolute Gasteiger partial charge is 0.374 e. The number of aryl methyl sites for hydroxylation is 2. The van der Waals surface area contributed by atoms with Crippen LogP contribution in [0.3, 0.4) is 0 Å². The number of fused-ring (bicyclic) bond motifs is 1. The molecule has 1 atom stereocenters. The van der Waals surface area contributed by atoms with E-state index in [1.54, 1.807) is 0 Å². The van der Waals surface area contributed by atoms with E-state index < -0.39 is 0 Å². The number of morpholine rings is 1. The number of nitrogens with zero attached hydrogens (tertiary/aromatic N) is 4. The maximum absolute atomic E-state index is 5.79. The lowest BCUT2D eigenvalue weighted by molar-refractivity contribution is -0.0136. The summed E-state index contributed by atoms with van der Waals surface area (Å²) in [5.74, 6) is 1.93. The average molecular weight is 373 g/mol. The number of nitrogens with one attached hydrogen (secondary N) is 2. The van der Waals surface area contributed by atoms with Crippen LogP contribution >= 0.6 is 0 Å². The first kappa shape index (κ1) is 19.6. The van der Waals surface area contributed by atoms with E-state index in [9.17, 15) is 0 Å². The van der Waals surface area contributed by atoms with Gasteiger partial charge in [-0.15, -0.1) is 0 Å². The van der Waals surface area contributed by atoms with Crippen molar-refractivity contribution in [3.63, 3.8) is 0 Å². The third-order valence-electron chi connectivity index (χ3n) is 4.84. The normalized spacial score (nSPS) is 18.8. The third-order valence-corrected chi connectivity index (χ3v) is 4.84. The van der Waals surface area contributed by atoms with Gasteiger partial charge in [-0.25, -0.2) is 4.98 Å². The monoisotopic (exact) mass is 372 g/mol. The molecular weight excluding hydrogens is 340 g/mol. The summed E-state index contributed by atoms with van der Waals surface area (Å²) in [4.78, 5) is 11.6. The summed E-state index contributed by atoms with van der Waals surface area (Å²) in [6.07, 6.45) is 1.19. The van der Waals surface area contributed by atoms with Crippen LogP contribution in [0.25, 0.3) is 11.0 Å². The Hall–Kier alpha value is -2.12. The van der Waals surface area contributed by atoms with Crippen LogP contribution in [-0.4, -0.2) is 72.9 Å². The van der Waals surface area contributed by atoms with Crippen molar-refractivity contribution < 1.29 is 4.74 Å². The second-order valence-corrected chi connectivity index (χ2v) is 7.05. The van der Waals surface area contributed by atoms with Crippen molar-refractivity contribution in [3.05, 3.63) is 30.1 Å². The molecule has 2 aromatic rings. The van der Waals surface area contributed by atoms with Gasteiger partial charge in [0.05, 0.1) is 30.3 Å². The van der Waals surface area contributed by atoms with Gasteiger partial charge in [-0.3, -0.25) is 4.99 Å². The molecule has 1 aromatic carbocycles. The lowest BCUT2D eigenvalue weighted by atomic mass is 10.3. The summed E-state index contributed by atoms with van der Waals surface area (Å²) in [7, 11) is 2.13. The number of rotatable bonds is 7. The topological polar surface area (TPSA) is 66.7 Å². The predicted octanol–water partition coefficient (Wildman–Crippen LogP) is 1.62. The number of guanidine groups is 1. The second-order valence-electron chi connectivity index (χ2n) is 7.05. The number of benzene rings is 1. The number of aliphatic imine (C=N–C) groups is 1. The molecule has 0 amide bonds. The molecule has 7 heteroatoms. The molecule has 1 aliphatic rings. The molecule has 2 heterocycles. The number of imidazole rings is 1. The number of hydrogen-bond donors (Lipinski definition) is 2. The Labute approximate surface area is 161 Å². The van der Waals surface area contributed by atoms with Crippen LogP contribution in [0.15, 0.2) is 29.3 Å². The molecule has 0 aliphatic carbocycles. The maximum Gasteiger partial charge on any atom is 0.191 e. The van der Waals surface area contributed by atoms with E-state index in [1.807, 2.05) is 6.07 Å². The summed E-state index contributed by atoms with van der Waals surface area (Å²) >= 11 is 0. The van der Waals surface area contributed by atoms with Gasteiger partial charge in [-0.2, -0.15) is 0 Å². The smallest absolute Gasteiger partial charge is 0.191 e. The van der Waals surface area contributed by atoms with Gasteiger partial charge in [0.2, 0.25) is 0 Å². The Bertz CT molecular complexity index is 756. The van der Waals surface area contributed by atoms with Crippen molar-refractivity contribution in [1.82, 2.24) is 25.1 Å². The summed E-state index contributed by atoms with van der Waals surface area (Å²) in [6.45, 7) is 10.2. The number of para-hydroxylation sites is 2. The van der Waals surface area contributed by atoms with Crippen molar-refractivity contribution >= 4 is 17.0 Å². The van der Waals surface area contributed by atoms with Crippen LogP contribution < -0.4 is 10.6 Å². The number of hydrogen-bond acceptors (Lipinski definition) is 4. The van der Waals surface area contributed by atoms with Gasteiger partial charge in [-0.05, 0) is 39.4 Å². The van der Waals surface area contributed by atoms with Crippen LogP contribution in [0.1, 0.15) is 19.2 Å². The molecule has 7 nitrogen and oxygen atoms in total. The van der Waals surface area contributed by atoms with Gasteiger partial charge in [-0.1, -0.05) is 12.1 Å². The van der Waals surface area contributed by atoms with Gasteiger partial charge >= 0.3 is 0 Å². The van der Waals surface area contributed by atoms with Crippen LogP contribution in [0.2, 0.25) is 0 Å². The van der Waals surface area contributed by atoms with E-state index in [4.69, 9.17) is 9.73 Å². The quantitative estimate of drug-likeness (QED) is 0.439. The van der Waals surface area contributed by atoms with E-state index in [0.717, 1.165) is 63.1 Å². The molecule has 1 aromatic heterocycles. The minimum atomic E-state index is 0.180. The molecule has 27 heavy (non-hydrogen) atoms. The Morgan fingerprint density at radius 3 is 3.00 bits per heavy atom. The zero-order chi connectivity index (χ0) is 19.1. The standard InChI is InChI=1S/C20H32N6O/c1-4-21-20(23-14-17-15-25(3)12-13-27-17)22-10-7-11-26-16(2)24-18-8-5-6-9-19(18)26/h5-6,8-9,17H,4,7,10-15H2,1-3H3,(H2,21,22,23). The summed E-state index contributed by atoms with van der Waals surface area (Å²) in [5.41, 5.74) is 2.27. The highest BCUT2D eigenvalue weighted by atomic mass is 16.5. The molecule has 3 rings (SSSR count). The molecule has 0 spiro atoms. The second kappa shape index (κ2) is 9.71. The van der Waals surface area contributed by atoms with Gasteiger partial charge < -0.3 is 24.8 Å². The van der Waals surface area contributed by atoms with E-state index >= 15 is 0 Å². The lowest BCUT2D eigenvalue weighted by Gasteiger charge is -2.29. The highest BCUT2D eigenvalue weighted by Crippen LogP contribution is 2.15. The molecular formula is C20H32N6O. The first-order valence-corrected chi connectivity index (χ1v) is 9.91. The minimum Gasteiger partial charge on any atom is -0.374 e. The molecule has 1 saturated heterocycles. The average Bonchev–Trinajstić information content (AvgIpc) is 2.98. The Kier molecular flexibility index (Phi) is 7.06. The summed E-state index contributed by atoms with van der Waals surface area (Å²) in [6, 6.07) is 8.31. The lowest BCUT2D eigenvalue weighted by Crippen LogP contribution is -2.43. The van der Waals surface area contributed by atoms with E-state index in [-0.39, 0.29) is 6.10 Å². The van der Waals surface area contributed by atoms with E-state index in [0.29, 0.717) is 6.54 Å². The molecule has 1 aliphatic heterocycles. The van der Waals surface area contributed by atoms with Gasteiger partial charge in [0.15, 0.2) is 5.96 Å². The highest BCUT2D eigenvalue weighted by Gasteiger charge is 2.17. The molecule has 0 bridgehead atoms. The van der Waals surface area contributed by atoms with Crippen molar-refractivity contribution in [2.45, 2.75) is 32.9 Å². The highest BCUT2D eigenvalue weighted by molar-refractivity contribution is 5.79. The van der Waals surface area contributed by atoms with E-state index in [1.165, 1.54) is 5.52 Å². The number of ether oxygens (including phenoxy) is 1. The van der Waals surface area contributed by atoms with E-state index in [2.05, 4.69) is 64.2 Å². The molecule has 2 N–H and O–H groups in total. The first-order valence-electron chi connectivity index (χ1n) is 9.91. The zero-order valence-corrected chi connectivity index (χ0v) is 16.7. The van der Waals surface area contributed by atoms with Crippen molar-refractivity contribution in [2.75, 3.05) is 46.4 Å². The molecule has 148 valence electrons. The fourth-order valence-electron chi connectivity index (χ4n) is 3.43. The minimum absolute atomic E-state index is 0.180. The van der Waals surface area contributed by atoms with Crippen LogP contribution in [-0.2, 0) is 11.3 Å². The van der Waals surface area contributed by atoms with Gasteiger partial charge in [0.1, 0.15) is 5.82 Å². The summed E-state index contributed by atoms with van der Waals surface area (Å²) < 4.78 is 8.08. The molecule has 1 unspecified atom stereocenters.